The molecule has 0 bridgehead atoms. The van der Waals surface area contributed by atoms with Crippen LogP contribution in [0, 0.1) is 0 Å². The van der Waals surface area contributed by atoms with E-state index in [0.717, 1.165) is 31.9 Å². The van der Waals surface area contributed by atoms with Crippen molar-refractivity contribution in [1.29, 1.82) is 0 Å². The molecule has 1 N–H and O–H groups in total. The first-order chi connectivity index (χ1) is 13.4. The van der Waals surface area contributed by atoms with Crippen LogP contribution in [0.25, 0.3) is 0 Å². The summed E-state index contributed by atoms with van der Waals surface area (Å²) in [4.78, 5) is 17.7. The quantitative estimate of drug-likeness (QED) is 0.702. The van der Waals surface area contributed by atoms with E-state index in [-0.39, 0.29) is 5.91 Å². The summed E-state index contributed by atoms with van der Waals surface area (Å²) in [6.45, 7) is 8.47. The van der Waals surface area contributed by atoms with Crippen molar-refractivity contribution < 1.29 is 13.6 Å². The van der Waals surface area contributed by atoms with Gasteiger partial charge in [0.15, 0.2) is 0 Å². The third kappa shape index (κ3) is 5.45. The molecule has 2 aromatic rings. The molecule has 1 aliphatic rings. The predicted octanol–water partition coefficient (Wildman–Crippen LogP) is 4.78. The van der Waals surface area contributed by atoms with Gasteiger partial charge in [-0.15, -0.1) is 0 Å². The number of benzene rings is 2. The Balaban J connectivity index is 1.56. The van der Waals surface area contributed by atoms with Crippen molar-refractivity contribution in [2.45, 2.75) is 30.5 Å². The van der Waals surface area contributed by atoms with Gasteiger partial charge in [-0.3, -0.25) is 9.69 Å². The monoisotopic (exact) mass is 405 g/mol. The summed E-state index contributed by atoms with van der Waals surface area (Å²) in [5.74, 6) is -2.67. The van der Waals surface area contributed by atoms with Gasteiger partial charge in [-0.05, 0) is 62.4 Å². The summed E-state index contributed by atoms with van der Waals surface area (Å²) in [6.07, 6.45) is 0. The van der Waals surface area contributed by atoms with Crippen LogP contribution in [-0.2, 0) is 0 Å². The van der Waals surface area contributed by atoms with Crippen molar-refractivity contribution in [2.75, 3.05) is 36.4 Å². The second-order valence-corrected chi connectivity index (χ2v) is 8.08. The zero-order valence-electron chi connectivity index (χ0n) is 16.1. The number of hydrogen-bond donors (Lipinski definition) is 1. The lowest BCUT2D eigenvalue weighted by atomic mass is 10.1. The summed E-state index contributed by atoms with van der Waals surface area (Å²) in [5, 5.41) is 2.80. The van der Waals surface area contributed by atoms with Gasteiger partial charge < -0.3 is 10.2 Å². The van der Waals surface area contributed by atoms with Crippen LogP contribution in [0.4, 0.5) is 20.2 Å². The molecule has 0 aromatic heterocycles. The van der Waals surface area contributed by atoms with Crippen LogP contribution >= 0.6 is 11.8 Å². The maximum Gasteiger partial charge on any atom is 0.288 e. The Morgan fingerprint density at radius 1 is 0.964 bits per heavy atom. The highest BCUT2D eigenvalue weighted by Crippen LogP contribution is 2.26. The first-order valence-corrected chi connectivity index (χ1v) is 10.3. The standard InChI is InChI=1S/C21H25F2N3OS/c1-15(2)25-11-13-26(14-12-25)18-7-3-16(4-8-18)20(27)24-17-5-9-19(10-6-17)28-21(22)23/h3-10,15,21H,11-14H2,1-2H3,(H,24,27). The first kappa shape index (κ1) is 20.6. The molecule has 7 heteroatoms. The molecule has 1 heterocycles. The van der Waals surface area contributed by atoms with Crippen LogP contribution in [-0.4, -0.2) is 48.8 Å². The number of amides is 1. The number of halogens is 2. The highest BCUT2D eigenvalue weighted by molar-refractivity contribution is 7.99. The molecule has 150 valence electrons. The summed E-state index contributed by atoms with van der Waals surface area (Å²) in [6, 6.07) is 14.6. The van der Waals surface area contributed by atoms with E-state index in [1.54, 1.807) is 24.3 Å². The normalized spacial score (nSPS) is 15.3. The Labute approximate surface area is 168 Å². The third-order valence-corrected chi connectivity index (χ3v) is 5.60. The highest BCUT2D eigenvalue weighted by Gasteiger charge is 2.19. The maximum atomic E-state index is 12.4. The molecule has 4 nitrogen and oxygen atoms in total. The molecule has 2 aromatic carbocycles. The fourth-order valence-electron chi connectivity index (χ4n) is 3.24. The summed E-state index contributed by atoms with van der Waals surface area (Å²) in [7, 11) is 0. The van der Waals surface area contributed by atoms with Crippen LogP contribution in [0.1, 0.15) is 24.2 Å². The molecule has 0 unspecified atom stereocenters. The number of nitrogens with zero attached hydrogens (tertiary/aromatic N) is 2. The van der Waals surface area contributed by atoms with Crippen molar-refractivity contribution in [3.8, 4) is 0 Å². The number of carbonyl (C=O) groups excluding carboxylic acids is 1. The second-order valence-electron chi connectivity index (χ2n) is 7.02. The van der Waals surface area contributed by atoms with Gasteiger partial charge in [0.05, 0.1) is 0 Å². The van der Waals surface area contributed by atoms with E-state index in [9.17, 15) is 13.6 Å². The smallest absolute Gasteiger partial charge is 0.288 e. The molecular formula is C21H25F2N3OS. The average molecular weight is 406 g/mol. The van der Waals surface area contributed by atoms with E-state index in [1.807, 2.05) is 24.3 Å². The Hall–Kier alpha value is -2.12. The minimum atomic E-state index is -2.45. The Morgan fingerprint density at radius 3 is 2.11 bits per heavy atom. The number of hydrogen-bond acceptors (Lipinski definition) is 4. The van der Waals surface area contributed by atoms with Crippen molar-refractivity contribution in [2.24, 2.45) is 0 Å². The molecule has 1 aliphatic heterocycles. The summed E-state index contributed by atoms with van der Waals surface area (Å²) >= 11 is 0.485. The molecule has 1 amide bonds. The molecule has 0 atom stereocenters. The lowest BCUT2D eigenvalue weighted by Gasteiger charge is -2.38. The third-order valence-electron chi connectivity index (χ3n) is 4.88. The molecule has 28 heavy (non-hydrogen) atoms. The molecule has 3 rings (SSSR count). The van der Waals surface area contributed by atoms with Gasteiger partial charge in [0.2, 0.25) is 0 Å². The SMILES string of the molecule is CC(C)N1CCN(c2ccc(C(=O)Nc3ccc(SC(F)F)cc3)cc2)CC1. The topological polar surface area (TPSA) is 35.6 Å². The van der Waals surface area contributed by atoms with Gasteiger partial charge in [0, 0.05) is 54.1 Å². The van der Waals surface area contributed by atoms with Crippen LogP contribution in [0.2, 0.25) is 0 Å². The lowest BCUT2D eigenvalue weighted by Crippen LogP contribution is -2.48. The van der Waals surface area contributed by atoms with Gasteiger partial charge in [-0.1, -0.05) is 11.8 Å². The summed E-state index contributed by atoms with van der Waals surface area (Å²) in [5.41, 5.74) is 2.27. The molecule has 0 spiro atoms. The van der Waals surface area contributed by atoms with Gasteiger partial charge in [0.25, 0.3) is 11.7 Å². The van der Waals surface area contributed by atoms with Gasteiger partial charge in [-0.2, -0.15) is 8.78 Å². The van der Waals surface area contributed by atoms with E-state index in [0.29, 0.717) is 34.0 Å². The van der Waals surface area contributed by atoms with E-state index in [4.69, 9.17) is 0 Å². The number of carbonyl (C=O) groups is 1. The molecule has 1 fully saturated rings. The van der Waals surface area contributed by atoms with Crippen molar-refractivity contribution in [1.82, 2.24) is 4.90 Å². The summed E-state index contributed by atoms with van der Waals surface area (Å²) < 4.78 is 24.7. The Bertz CT molecular complexity index is 773. The maximum absolute atomic E-state index is 12.4. The zero-order chi connectivity index (χ0) is 20.1. The van der Waals surface area contributed by atoms with Crippen LogP contribution < -0.4 is 10.2 Å². The molecular weight excluding hydrogens is 380 g/mol. The van der Waals surface area contributed by atoms with Gasteiger partial charge in [0.1, 0.15) is 0 Å². The minimum Gasteiger partial charge on any atom is -0.369 e. The highest BCUT2D eigenvalue weighted by atomic mass is 32.2. The first-order valence-electron chi connectivity index (χ1n) is 9.37. The van der Waals surface area contributed by atoms with Crippen LogP contribution in [0.15, 0.2) is 53.4 Å². The van der Waals surface area contributed by atoms with Gasteiger partial charge in [-0.25, -0.2) is 0 Å². The van der Waals surface area contributed by atoms with E-state index < -0.39 is 5.76 Å². The predicted molar refractivity (Wildman–Crippen MR) is 112 cm³/mol. The number of piperazine rings is 1. The van der Waals surface area contributed by atoms with Gasteiger partial charge >= 0.3 is 0 Å². The second kappa shape index (κ2) is 9.39. The molecule has 0 saturated carbocycles. The number of rotatable bonds is 6. The van der Waals surface area contributed by atoms with Crippen molar-refractivity contribution in [3.05, 3.63) is 54.1 Å². The van der Waals surface area contributed by atoms with Crippen molar-refractivity contribution >= 4 is 29.0 Å². The van der Waals surface area contributed by atoms with Crippen molar-refractivity contribution in [3.63, 3.8) is 0 Å². The van der Waals surface area contributed by atoms with E-state index >= 15 is 0 Å². The number of thioether (sulfide) groups is 1. The Kier molecular flexibility index (Phi) is 6.91. The minimum absolute atomic E-state index is 0.217. The van der Waals surface area contributed by atoms with E-state index in [1.165, 1.54) is 0 Å². The zero-order valence-corrected chi connectivity index (χ0v) is 16.9. The van der Waals surface area contributed by atoms with Crippen LogP contribution in [0.5, 0.6) is 0 Å². The number of alkyl halides is 2. The number of nitrogens with one attached hydrogen (secondary N) is 1. The average Bonchev–Trinajstić information content (AvgIpc) is 2.69. The van der Waals surface area contributed by atoms with E-state index in [2.05, 4.69) is 29.0 Å². The largest absolute Gasteiger partial charge is 0.369 e. The number of anilines is 2. The molecule has 1 saturated heterocycles. The Morgan fingerprint density at radius 2 is 1.57 bits per heavy atom. The van der Waals surface area contributed by atoms with Crippen LogP contribution in [0.3, 0.4) is 0 Å². The lowest BCUT2D eigenvalue weighted by molar-refractivity contribution is 0.102. The fourth-order valence-corrected chi connectivity index (χ4v) is 3.74. The molecule has 0 radical (unpaired) electrons. The molecule has 0 aliphatic carbocycles. The fraction of sp³-hybridized carbons (Fsp3) is 0.381.